The molecule has 2 aromatic heterocycles. The van der Waals surface area contributed by atoms with Crippen LogP contribution in [0.3, 0.4) is 0 Å². The second-order valence-electron chi connectivity index (χ2n) is 6.72. The van der Waals surface area contributed by atoms with E-state index in [4.69, 9.17) is 13.9 Å². The maximum Gasteiger partial charge on any atom is 0.336 e. The Hall–Kier alpha value is -3.46. The maximum absolute atomic E-state index is 11.3. The van der Waals surface area contributed by atoms with Crippen molar-refractivity contribution in [1.82, 2.24) is 15.0 Å². The molecule has 0 aliphatic rings. The zero-order valence-corrected chi connectivity index (χ0v) is 17.9. The molecule has 0 N–H and O–H groups in total. The highest BCUT2D eigenvalue weighted by atomic mass is 79.9. The number of benzene rings is 2. The van der Waals surface area contributed by atoms with Crippen LogP contribution in [0.15, 0.2) is 68.4 Å². The van der Waals surface area contributed by atoms with Crippen molar-refractivity contribution in [3.63, 3.8) is 0 Å². The standard InChI is InChI=1S/C22H18BrN3O5/c23-17-4-6-20(16(10-17)13-27)30-14-18-12-26(25-24-18)8-1-9-29-19-5-2-15-3-7-22(28)31-21(15)11-19/h2-7,10-13H,1,8-9,14H2. The number of aromatic nitrogens is 3. The predicted octanol–water partition coefficient (Wildman–Crippen LogP) is 4.01. The first-order chi connectivity index (χ1) is 15.1. The first-order valence-electron chi connectivity index (χ1n) is 9.54. The lowest BCUT2D eigenvalue weighted by atomic mass is 10.2. The molecule has 0 amide bonds. The number of carbonyl (C=O) groups excluding carboxylic acids is 1. The van der Waals surface area contributed by atoms with Gasteiger partial charge in [-0.15, -0.1) is 5.10 Å². The summed E-state index contributed by atoms with van der Waals surface area (Å²) in [7, 11) is 0. The third-order valence-electron chi connectivity index (χ3n) is 4.46. The number of halogens is 1. The molecule has 158 valence electrons. The van der Waals surface area contributed by atoms with Crippen LogP contribution in [0.2, 0.25) is 0 Å². The van der Waals surface area contributed by atoms with E-state index >= 15 is 0 Å². The molecule has 31 heavy (non-hydrogen) atoms. The van der Waals surface area contributed by atoms with E-state index in [1.54, 1.807) is 35.1 Å². The van der Waals surface area contributed by atoms with Crippen molar-refractivity contribution in [3.05, 3.63) is 80.9 Å². The highest BCUT2D eigenvalue weighted by Crippen LogP contribution is 2.22. The number of ether oxygens (including phenoxy) is 2. The highest BCUT2D eigenvalue weighted by Gasteiger charge is 2.07. The van der Waals surface area contributed by atoms with Gasteiger partial charge in [0.1, 0.15) is 29.4 Å². The van der Waals surface area contributed by atoms with Gasteiger partial charge in [0.15, 0.2) is 6.29 Å². The number of hydrogen-bond donors (Lipinski definition) is 0. The Balaban J connectivity index is 1.26. The molecule has 2 heterocycles. The van der Waals surface area contributed by atoms with Gasteiger partial charge in [-0.25, -0.2) is 4.79 Å². The fourth-order valence-corrected chi connectivity index (χ4v) is 3.33. The van der Waals surface area contributed by atoms with E-state index in [9.17, 15) is 9.59 Å². The van der Waals surface area contributed by atoms with Crippen molar-refractivity contribution in [3.8, 4) is 11.5 Å². The monoisotopic (exact) mass is 483 g/mol. The van der Waals surface area contributed by atoms with Crippen LogP contribution in [0.1, 0.15) is 22.5 Å². The Morgan fingerprint density at radius 1 is 1.10 bits per heavy atom. The molecule has 2 aromatic carbocycles. The quantitative estimate of drug-likeness (QED) is 0.201. The fraction of sp³-hybridized carbons (Fsp3) is 0.182. The normalized spacial score (nSPS) is 10.9. The molecule has 0 spiro atoms. The zero-order chi connectivity index (χ0) is 21.6. The SMILES string of the molecule is O=Cc1cc(Br)ccc1OCc1cn(CCCOc2ccc3ccc(=O)oc3c2)nn1. The zero-order valence-electron chi connectivity index (χ0n) is 16.4. The lowest BCUT2D eigenvalue weighted by Crippen LogP contribution is -2.05. The first kappa shape index (κ1) is 20.8. The Morgan fingerprint density at radius 2 is 1.97 bits per heavy atom. The van der Waals surface area contributed by atoms with Gasteiger partial charge in [-0.1, -0.05) is 21.1 Å². The number of carbonyl (C=O) groups is 1. The van der Waals surface area contributed by atoms with Crippen LogP contribution in [0.4, 0.5) is 0 Å². The molecular formula is C22H18BrN3O5. The Bertz CT molecular complexity index is 1270. The average molecular weight is 484 g/mol. The summed E-state index contributed by atoms with van der Waals surface area (Å²) in [6, 6.07) is 13.7. The number of aryl methyl sites for hydroxylation is 1. The number of nitrogens with zero attached hydrogens (tertiary/aromatic N) is 3. The van der Waals surface area contributed by atoms with E-state index in [2.05, 4.69) is 26.2 Å². The molecule has 0 fully saturated rings. The molecular weight excluding hydrogens is 466 g/mol. The summed E-state index contributed by atoms with van der Waals surface area (Å²) < 4.78 is 19.1. The van der Waals surface area contributed by atoms with Gasteiger partial charge in [-0.05, 0) is 36.4 Å². The van der Waals surface area contributed by atoms with Crippen LogP contribution in [0.5, 0.6) is 11.5 Å². The molecule has 8 nitrogen and oxygen atoms in total. The lowest BCUT2D eigenvalue weighted by Gasteiger charge is -2.07. The van der Waals surface area contributed by atoms with Crippen LogP contribution in [0.25, 0.3) is 11.0 Å². The molecule has 4 rings (SSSR count). The van der Waals surface area contributed by atoms with Crippen molar-refractivity contribution in [2.45, 2.75) is 19.6 Å². The van der Waals surface area contributed by atoms with Crippen molar-refractivity contribution in [2.24, 2.45) is 0 Å². The summed E-state index contributed by atoms with van der Waals surface area (Å²) >= 11 is 3.33. The highest BCUT2D eigenvalue weighted by molar-refractivity contribution is 9.10. The van der Waals surface area contributed by atoms with Gasteiger partial charge < -0.3 is 13.9 Å². The fourth-order valence-electron chi connectivity index (χ4n) is 2.96. The van der Waals surface area contributed by atoms with Gasteiger partial charge in [0.2, 0.25) is 0 Å². The van der Waals surface area contributed by atoms with Crippen LogP contribution >= 0.6 is 15.9 Å². The van der Waals surface area contributed by atoms with E-state index < -0.39 is 5.63 Å². The van der Waals surface area contributed by atoms with E-state index in [0.29, 0.717) is 47.9 Å². The summed E-state index contributed by atoms with van der Waals surface area (Å²) in [5.74, 6) is 1.13. The summed E-state index contributed by atoms with van der Waals surface area (Å²) in [4.78, 5) is 22.5. The Labute approximate surface area is 185 Å². The minimum atomic E-state index is -0.391. The third-order valence-corrected chi connectivity index (χ3v) is 4.95. The van der Waals surface area contributed by atoms with Crippen molar-refractivity contribution in [1.29, 1.82) is 0 Å². The molecule has 4 aromatic rings. The van der Waals surface area contributed by atoms with E-state index in [1.165, 1.54) is 6.07 Å². The van der Waals surface area contributed by atoms with Crippen LogP contribution in [-0.4, -0.2) is 27.9 Å². The minimum Gasteiger partial charge on any atom is -0.493 e. The van der Waals surface area contributed by atoms with Crippen molar-refractivity contribution < 1.29 is 18.7 Å². The summed E-state index contributed by atoms with van der Waals surface area (Å²) in [5, 5.41) is 9.02. The lowest BCUT2D eigenvalue weighted by molar-refractivity contribution is 0.111. The molecule has 9 heteroatoms. The average Bonchev–Trinajstić information content (AvgIpc) is 3.23. The molecule has 0 aliphatic carbocycles. The minimum absolute atomic E-state index is 0.210. The Morgan fingerprint density at radius 3 is 2.84 bits per heavy atom. The molecule has 0 saturated heterocycles. The molecule has 0 aliphatic heterocycles. The first-order valence-corrected chi connectivity index (χ1v) is 10.3. The second kappa shape index (κ2) is 9.57. The summed E-state index contributed by atoms with van der Waals surface area (Å²) in [5.41, 5.74) is 1.23. The maximum atomic E-state index is 11.3. The molecule has 0 atom stereocenters. The second-order valence-corrected chi connectivity index (χ2v) is 7.63. The van der Waals surface area contributed by atoms with Gasteiger partial charge in [-0.3, -0.25) is 9.48 Å². The van der Waals surface area contributed by atoms with Gasteiger partial charge in [-0.2, -0.15) is 0 Å². The topological polar surface area (TPSA) is 96.5 Å². The molecule has 0 radical (unpaired) electrons. The van der Waals surface area contributed by atoms with E-state index in [0.717, 1.165) is 16.1 Å². The van der Waals surface area contributed by atoms with Crippen LogP contribution in [0, 0.1) is 0 Å². The van der Waals surface area contributed by atoms with Crippen molar-refractivity contribution >= 4 is 33.2 Å². The summed E-state index contributed by atoms with van der Waals surface area (Å²) in [6.07, 6.45) is 3.26. The van der Waals surface area contributed by atoms with Gasteiger partial charge in [0.25, 0.3) is 0 Å². The number of hydrogen-bond acceptors (Lipinski definition) is 7. The molecule has 0 saturated carbocycles. The number of fused-ring (bicyclic) bond motifs is 1. The number of rotatable bonds is 9. The van der Waals surface area contributed by atoms with Crippen LogP contribution < -0.4 is 15.1 Å². The smallest absolute Gasteiger partial charge is 0.336 e. The van der Waals surface area contributed by atoms with E-state index in [-0.39, 0.29) is 6.61 Å². The predicted molar refractivity (Wildman–Crippen MR) is 116 cm³/mol. The van der Waals surface area contributed by atoms with Crippen LogP contribution in [-0.2, 0) is 13.2 Å². The Kier molecular flexibility index (Phi) is 6.42. The van der Waals surface area contributed by atoms with E-state index in [1.807, 2.05) is 18.2 Å². The largest absolute Gasteiger partial charge is 0.493 e. The van der Waals surface area contributed by atoms with Gasteiger partial charge in [0, 0.05) is 35.0 Å². The molecule has 0 bridgehead atoms. The van der Waals surface area contributed by atoms with Crippen molar-refractivity contribution in [2.75, 3.05) is 6.61 Å². The summed E-state index contributed by atoms with van der Waals surface area (Å²) in [6.45, 7) is 1.30. The third kappa shape index (κ3) is 5.37. The molecule has 0 unspecified atom stereocenters. The van der Waals surface area contributed by atoms with Gasteiger partial charge in [0.05, 0.1) is 18.4 Å². The van der Waals surface area contributed by atoms with Gasteiger partial charge >= 0.3 is 5.63 Å². The number of aldehydes is 1.